The lowest BCUT2D eigenvalue weighted by Crippen LogP contribution is -2.42. The highest BCUT2D eigenvalue weighted by Crippen LogP contribution is 2.32. The van der Waals surface area contributed by atoms with E-state index in [2.05, 4.69) is 10.3 Å². The highest BCUT2D eigenvalue weighted by Gasteiger charge is 2.32. The van der Waals surface area contributed by atoms with Gasteiger partial charge in [-0.3, -0.25) is 0 Å². The van der Waals surface area contributed by atoms with Crippen LogP contribution in [-0.4, -0.2) is 21.7 Å². The molecule has 0 aliphatic carbocycles. The van der Waals surface area contributed by atoms with Crippen LogP contribution in [0.5, 0.6) is 0 Å². The van der Waals surface area contributed by atoms with E-state index in [1.54, 1.807) is 13.8 Å². The van der Waals surface area contributed by atoms with Gasteiger partial charge in [0.25, 0.3) is 0 Å². The van der Waals surface area contributed by atoms with E-state index in [-0.39, 0.29) is 11.0 Å². The van der Waals surface area contributed by atoms with E-state index in [4.69, 9.17) is 11.6 Å². The maximum absolute atomic E-state index is 12.6. The van der Waals surface area contributed by atoms with Crippen LogP contribution in [0.4, 0.5) is 19.0 Å². The number of aliphatic hydroxyl groups is 1. The number of alkyl halides is 3. The number of hydrogen-bond donors (Lipinski definition) is 2. The quantitative estimate of drug-likeness (QED) is 0.836. The molecule has 0 amide bonds. The van der Waals surface area contributed by atoms with Crippen molar-refractivity contribution in [2.75, 3.05) is 5.32 Å². The molecule has 0 saturated carbocycles. The lowest BCUT2D eigenvalue weighted by molar-refractivity contribution is -0.137. The Balaban J connectivity index is 3.08. The number of aliphatic hydroxyl groups excluding tert-OH is 1. The van der Waals surface area contributed by atoms with Crippen LogP contribution in [0.3, 0.4) is 0 Å². The summed E-state index contributed by atoms with van der Waals surface area (Å²) in [7, 11) is 0. The monoisotopic (exact) mass is 282 g/mol. The molecular formula is C11H14ClF3N2O. The van der Waals surface area contributed by atoms with Crippen LogP contribution in [-0.2, 0) is 6.18 Å². The van der Waals surface area contributed by atoms with E-state index >= 15 is 0 Å². The molecule has 0 fully saturated rings. The third kappa shape index (κ3) is 3.74. The molecule has 3 nitrogen and oxygen atoms in total. The van der Waals surface area contributed by atoms with E-state index in [1.807, 2.05) is 0 Å². The van der Waals surface area contributed by atoms with Gasteiger partial charge in [-0.05, 0) is 32.9 Å². The minimum Gasteiger partial charge on any atom is -0.391 e. The Hall–Kier alpha value is -1.01. The van der Waals surface area contributed by atoms with Crippen LogP contribution in [0.25, 0.3) is 0 Å². The maximum Gasteiger partial charge on any atom is 0.416 e. The molecule has 1 rings (SSSR count). The second kappa shape index (κ2) is 4.93. The van der Waals surface area contributed by atoms with E-state index < -0.39 is 23.4 Å². The first kappa shape index (κ1) is 15.0. The van der Waals surface area contributed by atoms with E-state index in [0.29, 0.717) is 0 Å². The number of halogens is 4. The molecule has 7 heteroatoms. The van der Waals surface area contributed by atoms with Gasteiger partial charge >= 0.3 is 6.18 Å². The second-order valence-corrected chi connectivity index (χ2v) is 4.97. The molecule has 1 aromatic heterocycles. The Morgan fingerprint density at radius 3 is 2.33 bits per heavy atom. The standard InChI is InChI=1S/C11H14ClF3N2O/c1-6(18)10(2,3)17-9-5-7(11(13,14)15)4-8(12)16-9/h4-6,18H,1-3H3,(H,16,17). The van der Waals surface area contributed by atoms with Gasteiger partial charge in [0, 0.05) is 0 Å². The van der Waals surface area contributed by atoms with Crippen molar-refractivity contribution in [1.29, 1.82) is 0 Å². The van der Waals surface area contributed by atoms with Gasteiger partial charge in [-0.25, -0.2) is 4.98 Å². The van der Waals surface area contributed by atoms with Crippen molar-refractivity contribution in [3.63, 3.8) is 0 Å². The Bertz CT molecular complexity index is 433. The van der Waals surface area contributed by atoms with E-state index in [0.717, 1.165) is 12.1 Å². The van der Waals surface area contributed by atoms with Gasteiger partial charge in [0.1, 0.15) is 11.0 Å². The first-order valence-electron chi connectivity index (χ1n) is 5.23. The third-order valence-corrected chi connectivity index (χ3v) is 2.81. The lowest BCUT2D eigenvalue weighted by Gasteiger charge is -2.30. The largest absolute Gasteiger partial charge is 0.416 e. The van der Waals surface area contributed by atoms with Gasteiger partial charge < -0.3 is 10.4 Å². The summed E-state index contributed by atoms with van der Waals surface area (Å²) >= 11 is 5.55. The van der Waals surface area contributed by atoms with Crippen LogP contribution in [0.15, 0.2) is 12.1 Å². The predicted octanol–water partition coefficient (Wildman–Crippen LogP) is 3.33. The van der Waals surface area contributed by atoms with E-state index in [1.165, 1.54) is 6.92 Å². The normalized spacial score (nSPS) is 14.4. The van der Waals surface area contributed by atoms with Crippen molar-refractivity contribution < 1.29 is 18.3 Å². The zero-order valence-electron chi connectivity index (χ0n) is 10.1. The average molecular weight is 283 g/mol. The molecule has 102 valence electrons. The van der Waals surface area contributed by atoms with Crippen LogP contribution in [0, 0.1) is 0 Å². The zero-order chi connectivity index (χ0) is 14.1. The third-order valence-electron chi connectivity index (χ3n) is 2.62. The summed E-state index contributed by atoms with van der Waals surface area (Å²) in [6.07, 6.45) is -5.26. The molecule has 0 aliphatic rings. The SMILES string of the molecule is CC(O)C(C)(C)Nc1cc(C(F)(F)F)cc(Cl)n1. The molecule has 1 aromatic rings. The molecule has 2 N–H and O–H groups in total. The molecule has 0 radical (unpaired) electrons. The number of rotatable bonds is 3. The van der Waals surface area contributed by atoms with Gasteiger partial charge in [-0.2, -0.15) is 13.2 Å². The number of aromatic nitrogens is 1. The maximum atomic E-state index is 12.6. The summed E-state index contributed by atoms with van der Waals surface area (Å²) in [5.74, 6) is -0.0271. The fourth-order valence-electron chi connectivity index (χ4n) is 1.16. The van der Waals surface area contributed by atoms with Crippen molar-refractivity contribution in [3.8, 4) is 0 Å². The number of hydrogen-bond acceptors (Lipinski definition) is 3. The van der Waals surface area contributed by atoms with Crippen LogP contribution < -0.4 is 5.32 Å². The fraction of sp³-hybridized carbons (Fsp3) is 0.545. The van der Waals surface area contributed by atoms with Gasteiger partial charge in [0.15, 0.2) is 0 Å². The lowest BCUT2D eigenvalue weighted by atomic mass is 9.99. The van der Waals surface area contributed by atoms with E-state index in [9.17, 15) is 18.3 Å². The zero-order valence-corrected chi connectivity index (χ0v) is 10.9. The number of nitrogens with zero attached hydrogens (tertiary/aromatic N) is 1. The van der Waals surface area contributed by atoms with Gasteiger partial charge in [0.2, 0.25) is 0 Å². The van der Waals surface area contributed by atoms with Crippen LogP contribution in [0.1, 0.15) is 26.3 Å². The van der Waals surface area contributed by atoms with Crippen molar-refractivity contribution in [2.24, 2.45) is 0 Å². The van der Waals surface area contributed by atoms with Gasteiger partial charge in [0.05, 0.1) is 17.2 Å². The van der Waals surface area contributed by atoms with Crippen molar-refractivity contribution in [1.82, 2.24) is 4.98 Å². The minimum atomic E-state index is -4.49. The molecule has 0 aromatic carbocycles. The smallest absolute Gasteiger partial charge is 0.391 e. The van der Waals surface area contributed by atoms with Crippen molar-refractivity contribution in [3.05, 3.63) is 22.8 Å². The summed E-state index contributed by atoms with van der Waals surface area (Å²) in [5.41, 5.74) is -1.70. The molecule has 0 bridgehead atoms. The fourth-order valence-corrected chi connectivity index (χ4v) is 1.37. The van der Waals surface area contributed by atoms with Crippen molar-refractivity contribution >= 4 is 17.4 Å². The molecule has 18 heavy (non-hydrogen) atoms. The molecule has 1 heterocycles. The van der Waals surface area contributed by atoms with Gasteiger partial charge in [-0.1, -0.05) is 11.6 Å². The van der Waals surface area contributed by atoms with Crippen LogP contribution in [0.2, 0.25) is 5.15 Å². The Morgan fingerprint density at radius 1 is 1.33 bits per heavy atom. The summed E-state index contributed by atoms with van der Waals surface area (Å²) in [4.78, 5) is 3.76. The van der Waals surface area contributed by atoms with Gasteiger partial charge in [-0.15, -0.1) is 0 Å². The predicted molar refractivity (Wildman–Crippen MR) is 63.6 cm³/mol. The summed E-state index contributed by atoms with van der Waals surface area (Å²) in [6, 6.07) is 1.61. The number of pyridine rings is 1. The number of nitrogens with one attached hydrogen (secondary N) is 1. The average Bonchev–Trinajstić information content (AvgIpc) is 2.13. The highest BCUT2D eigenvalue weighted by atomic mass is 35.5. The molecule has 0 saturated heterocycles. The summed E-state index contributed by atoms with van der Waals surface area (Å²) in [5, 5.41) is 12.0. The first-order chi connectivity index (χ1) is 8.02. The Labute approximate surface area is 108 Å². The number of anilines is 1. The molecule has 0 aliphatic heterocycles. The molecule has 1 atom stereocenters. The summed E-state index contributed by atoms with van der Waals surface area (Å²) in [6.45, 7) is 4.82. The Morgan fingerprint density at radius 2 is 1.89 bits per heavy atom. The topological polar surface area (TPSA) is 45.1 Å². The molecule has 0 spiro atoms. The van der Waals surface area contributed by atoms with Crippen LogP contribution >= 0.6 is 11.6 Å². The highest BCUT2D eigenvalue weighted by molar-refractivity contribution is 6.29. The molecular weight excluding hydrogens is 269 g/mol. The Kier molecular flexibility index (Phi) is 4.12. The van der Waals surface area contributed by atoms with Crippen molar-refractivity contribution in [2.45, 2.75) is 38.6 Å². The minimum absolute atomic E-state index is 0.0271. The first-order valence-corrected chi connectivity index (χ1v) is 5.61. The molecule has 1 unspecified atom stereocenters. The second-order valence-electron chi connectivity index (χ2n) is 4.58. The summed E-state index contributed by atoms with van der Waals surface area (Å²) < 4.78 is 37.7.